The Labute approximate surface area is 220 Å². The van der Waals surface area contributed by atoms with Gasteiger partial charge in [-0.3, -0.25) is 4.79 Å². The lowest BCUT2D eigenvalue weighted by molar-refractivity contribution is -0.124. The standard InChI is InChI=1S/C25H46N2O8S/c1-20(2)36-23-7-5-22(6-8-23)27-25(30)35-19-18-34-17-16-33-15-14-32-13-12-31-11-10-26-24(29)9-4-21(3)28/h20,22-23H,4-19H2,1-3H3,(H,26,29)(H,27,30). The lowest BCUT2D eigenvalue weighted by Gasteiger charge is -2.29. The Hall–Kier alpha value is -1.40. The van der Waals surface area contributed by atoms with Crippen LogP contribution >= 0.6 is 11.8 Å². The van der Waals surface area contributed by atoms with Crippen molar-refractivity contribution in [1.29, 1.82) is 0 Å². The minimum absolute atomic E-state index is 0.00461. The molecular weight excluding hydrogens is 488 g/mol. The molecule has 0 aromatic rings. The molecule has 1 rings (SSSR count). The molecular formula is C25H46N2O8S. The van der Waals surface area contributed by atoms with Gasteiger partial charge in [0.15, 0.2) is 0 Å². The molecule has 0 unspecified atom stereocenters. The Morgan fingerprint density at radius 3 is 1.83 bits per heavy atom. The summed E-state index contributed by atoms with van der Waals surface area (Å²) in [5.41, 5.74) is 0. The van der Waals surface area contributed by atoms with Crippen molar-refractivity contribution in [3.63, 3.8) is 0 Å². The summed E-state index contributed by atoms with van der Waals surface area (Å²) >= 11 is 2.03. The van der Waals surface area contributed by atoms with Gasteiger partial charge in [0.05, 0.1) is 52.9 Å². The second-order valence-electron chi connectivity index (χ2n) is 8.94. The Bertz CT molecular complexity index is 601. The molecule has 1 aliphatic rings. The van der Waals surface area contributed by atoms with Crippen LogP contribution in [0.25, 0.3) is 0 Å². The Morgan fingerprint density at radius 1 is 0.778 bits per heavy atom. The molecule has 0 spiro atoms. The molecule has 0 aromatic heterocycles. The second kappa shape index (κ2) is 21.7. The van der Waals surface area contributed by atoms with Gasteiger partial charge in [-0.05, 0) is 37.9 Å². The summed E-state index contributed by atoms with van der Waals surface area (Å²) in [7, 11) is 0. The van der Waals surface area contributed by atoms with E-state index >= 15 is 0 Å². The van der Waals surface area contributed by atoms with E-state index in [4.69, 9.17) is 23.7 Å². The van der Waals surface area contributed by atoms with Crippen LogP contribution in [0.3, 0.4) is 0 Å². The quantitative estimate of drug-likeness (QED) is 0.214. The Morgan fingerprint density at radius 2 is 1.31 bits per heavy atom. The molecule has 1 fully saturated rings. The van der Waals surface area contributed by atoms with Crippen molar-refractivity contribution >= 4 is 29.5 Å². The van der Waals surface area contributed by atoms with Gasteiger partial charge in [-0.2, -0.15) is 11.8 Å². The maximum atomic E-state index is 11.9. The molecule has 0 heterocycles. The molecule has 2 amide bonds. The lowest BCUT2D eigenvalue weighted by atomic mass is 9.95. The van der Waals surface area contributed by atoms with E-state index in [1.54, 1.807) is 0 Å². The molecule has 0 aliphatic heterocycles. The summed E-state index contributed by atoms with van der Waals surface area (Å²) in [5.74, 6) is -0.140. The number of hydrogen-bond acceptors (Lipinski definition) is 9. The third-order valence-corrected chi connectivity index (χ3v) is 6.71. The number of hydrogen-bond donors (Lipinski definition) is 2. The lowest BCUT2D eigenvalue weighted by Crippen LogP contribution is -2.39. The normalized spacial score (nSPS) is 17.7. The van der Waals surface area contributed by atoms with E-state index in [2.05, 4.69) is 24.5 Å². The number of ether oxygens (including phenoxy) is 5. The van der Waals surface area contributed by atoms with Gasteiger partial charge in [0.1, 0.15) is 12.4 Å². The van der Waals surface area contributed by atoms with E-state index < -0.39 is 0 Å². The molecule has 1 aliphatic carbocycles. The predicted octanol–water partition coefficient (Wildman–Crippen LogP) is 2.72. The fourth-order valence-corrected chi connectivity index (χ4v) is 4.85. The van der Waals surface area contributed by atoms with Gasteiger partial charge < -0.3 is 39.1 Å². The molecule has 0 saturated heterocycles. The van der Waals surface area contributed by atoms with Crippen LogP contribution in [0.4, 0.5) is 4.79 Å². The summed E-state index contributed by atoms with van der Waals surface area (Å²) in [6, 6.07) is 0.210. The molecule has 2 N–H and O–H groups in total. The van der Waals surface area contributed by atoms with Crippen LogP contribution in [0.1, 0.15) is 59.3 Å². The molecule has 0 atom stereocenters. The molecule has 210 valence electrons. The topological polar surface area (TPSA) is 121 Å². The van der Waals surface area contributed by atoms with Crippen LogP contribution < -0.4 is 10.6 Å². The first-order valence-electron chi connectivity index (χ1n) is 13.0. The van der Waals surface area contributed by atoms with Crippen LogP contribution in [0, 0.1) is 0 Å². The van der Waals surface area contributed by atoms with Crippen molar-refractivity contribution in [3.05, 3.63) is 0 Å². The molecule has 11 heteroatoms. The van der Waals surface area contributed by atoms with E-state index in [-0.39, 0.29) is 43.3 Å². The number of carbonyl (C=O) groups is 3. The van der Waals surface area contributed by atoms with Crippen LogP contribution in [-0.4, -0.2) is 100 Å². The van der Waals surface area contributed by atoms with Gasteiger partial charge in [0.2, 0.25) is 5.91 Å². The minimum Gasteiger partial charge on any atom is -0.447 e. The maximum absolute atomic E-state index is 11.9. The van der Waals surface area contributed by atoms with E-state index in [1.165, 1.54) is 6.92 Å². The number of rotatable bonds is 21. The van der Waals surface area contributed by atoms with Crippen molar-refractivity contribution in [1.82, 2.24) is 10.6 Å². The summed E-state index contributed by atoms with van der Waals surface area (Å²) in [5, 5.41) is 7.00. The van der Waals surface area contributed by atoms with E-state index in [0.29, 0.717) is 69.9 Å². The van der Waals surface area contributed by atoms with Crippen molar-refractivity contribution in [2.75, 3.05) is 66.0 Å². The number of carbonyl (C=O) groups excluding carboxylic acids is 3. The summed E-state index contributed by atoms with van der Waals surface area (Å²) < 4.78 is 26.8. The molecule has 36 heavy (non-hydrogen) atoms. The summed E-state index contributed by atoms with van der Waals surface area (Å²) in [6.07, 6.45) is 4.41. The van der Waals surface area contributed by atoms with E-state index in [1.807, 2.05) is 11.8 Å². The van der Waals surface area contributed by atoms with Gasteiger partial charge in [-0.25, -0.2) is 4.79 Å². The highest BCUT2D eigenvalue weighted by Gasteiger charge is 2.23. The SMILES string of the molecule is CC(=O)CCC(=O)NCCOCCOCCOCCOCCOC(=O)NC1CCC(SC(C)C)CC1. The van der Waals surface area contributed by atoms with Crippen molar-refractivity contribution in [3.8, 4) is 0 Å². The Balaban J connectivity index is 1.78. The highest BCUT2D eigenvalue weighted by Crippen LogP contribution is 2.31. The zero-order valence-electron chi connectivity index (χ0n) is 22.2. The maximum Gasteiger partial charge on any atom is 0.407 e. The minimum atomic E-state index is -0.370. The van der Waals surface area contributed by atoms with Crippen molar-refractivity contribution in [2.45, 2.75) is 75.8 Å². The molecule has 0 aromatic carbocycles. The average Bonchev–Trinajstić information content (AvgIpc) is 2.83. The molecule has 0 radical (unpaired) electrons. The summed E-state index contributed by atoms with van der Waals surface area (Å²) in [4.78, 5) is 34.1. The zero-order valence-corrected chi connectivity index (χ0v) is 23.0. The fourth-order valence-electron chi connectivity index (χ4n) is 3.53. The number of thioether (sulfide) groups is 1. The molecule has 0 bridgehead atoms. The van der Waals surface area contributed by atoms with Crippen molar-refractivity contribution in [2.24, 2.45) is 0 Å². The van der Waals surface area contributed by atoms with Crippen molar-refractivity contribution < 1.29 is 38.1 Å². The third-order valence-electron chi connectivity index (χ3n) is 5.31. The first-order valence-corrected chi connectivity index (χ1v) is 14.0. The van der Waals surface area contributed by atoms with Gasteiger partial charge >= 0.3 is 6.09 Å². The second-order valence-corrected chi connectivity index (χ2v) is 10.8. The van der Waals surface area contributed by atoms with E-state index in [0.717, 1.165) is 25.7 Å². The van der Waals surface area contributed by atoms with Gasteiger partial charge in [-0.15, -0.1) is 0 Å². The van der Waals surface area contributed by atoms with Gasteiger partial charge in [0, 0.05) is 30.7 Å². The number of nitrogens with one attached hydrogen (secondary N) is 2. The highest BCUT2D eigenvalue weighted by atomic mass is 32.2. The molecule has 10 nitrogen and oxygen atoms in total. The van der Waals surface area contributed by atoms with Crippen LogP contribution in [-0.2, 0) is 33.3 Å². The van der Waals surface area contributed by atoms with Gasteiger partial charge in [-0.1, -0.05) is 13.8 Å². The van der Waals surface area contributed by atoms with Gasteiger partial charge in [0.25, 0.3) is 0 Å². The zero-order chi connectivity index (χ0) is 26.4. The Kier molecular flexibility index (Phi) is 19.6. The van der Waals surface area contributed by atoms with Crippen LogP contribution in [0.5, 0.6) is 0 Å². The average molecular weight is 535 g/mol. The number of amides is 2. The van der Waals surface area contributed by atoms with E-state index in [9.17, 15) is 14.4 Å². The first-order chi connectivity index (χ1) is 17.4. The molecule has 1 saturated carbocycles. The number of alkyl carbamates (subject to hydrolysis) is 1. The predicted molar refractivity (Wildman–Crippen MR) is 139 cm³/mol. The number of ketones is 1. The largest absolute Gasteiger partial charge is 0.447 e. The van der Waals surface area contributed by atoms with Crippen LogP contribution in [0.2, 0.25) is 0 Å². The smallest absolute Gasteiger partial charge is 0.407 e. The summed E-state index contributed by atoms with van der Waals surface area (Å²) in [6.45, 7) is 9.91. The third kappa shape index (κ3) is 19.7. The highest BCUT2D eigenvalue weighted by molar-refractivity contribution is 8.00. The van der Waals surface area contributed by atoms with Crippen LogP contribution in [0.15, 0.2) is 0 Å². The first kappa shape index (κ1) is 32.6. The fraction of sp³-hybridized carbons (Fsp3) is 0.880. The monoisotopic (exact) mass is 534 g/mol. The number of Topliss-reactive ketones (excluding diaryl/α,β-unsaturated/α-hetero) is 1.